The molecule has 0 unspecified atom stereocenters. The normalized spacial score (nSPS) is 19.7. The first kappa shape index (κ1) is 20.0. The number of urea groups is 1. The van der Waals surface area contributed by atoms with Crippen LogP contribution in [-0.4, -0.2) is 77.1 Å². The zero-order valence-corrected chi connectivity index (χ0v) is 17.7. The van der Waals surface area contributed by atoms with Crippen molar-refractivity contribution in [1.29, 1.82) is 0 Å². The molecule has 1 aromatic heterocycles. The largest absolute Gasteiger partial charge is 0.454 e. The molecule has 0 saturated carbocycles. The predicted octanol–water partition coefficient (Wildman–Crippen LogP) is 1.54. The molecule has 4 heterocycles. The van der Waals surface area contributed by atoms with Crippen LogP contribution in [0.5, 0.6) is 11.5 Å². The van der Waals surface area contributed by atoms with E-state index < -0.39 is 17.8 Å². The smallest absolute Gasteiger partial charge is 0.335 e. The van der Waals surface area contributed by atoms with Gasteiger partial charge >= 0.3 is 17.8 Å². The van der Waals surface area contributed by atoms with E-state index in [1.54, 1.807) is 0 Å². The summed E-state index contributed by atoms with van der Waals surface area (Å²) < 4.78 is 10.8. The van der Waals surface area contributed by atoms with Gasteiger partial charge in [0.15, 0.2) is 11.5 Å². The molecule has 0 radical (unpaired) electrons. The Kier molecular flexibility index (Phi) is 5.34. The van der Waals surface area contributed by atoms with E-state index in [-0.39, 0.29) is 20.0 Å². The SMILES string of the molecule is O=C1C(=O)N(CN2CCN(Cc3ccc4c(c3)OCO4)CC2)C(=O)N1Cc1cccs1. The van der Waals surface area contributed by atoms with E-state index in [4.69, 9.17) is 9.47 Å². The van der Waals surface area contributed by atoms with Crippen LogP contribution in [0.4, 0.5) is 4.79 Å². The molecule has 1 aromatic carbocycles. The maximum absolute atomic E-state index is 12.7. The van der Waals surface area contributed by atoms with Crippen LogP contribution < -0.4 is 9.47 Å². The van der Waals surface area contributed by atoms with Gasteiger partial charge in [-0.15, -0.1) is 11.3 Å². The Morgan fingerprint density at radius 1 is 0.839 bits per heavy atom. The van der Waals surface area contributed by atoms with Gasteiger partial charge in [-0.2, -0.15) is 0 Å². The van der Waals surface area contributed by atoms with Crippen LogP contribution in [0.3, 0.4) is 0 Å². The molecule has 4 amide bonds. The quantitative estimate of drug-likeness (QED) is 0.496. The number of fused-ring (bicyclic) bond motifs is 1. The molecular formula is C21H22N4O5S. The summed E-state index contributed by atoms with van der Waals surface area (Å²) in [6.07, 6.45) is 0. The van der Waals surface area contributed by atoms with Gasteiger partial charge in [0, 0.05) is 37.6 Å². The highest BCUT2D eigenvalue weighted by Crippen LogP contribution is 2.32. The fraction of sp³-hybridized carbons (Fsp3) is 0.381. The van der Waals surface area contributed by atoms with Crippen molar-refractivity contribution in [1.82, 2.24) is 19.6 Å². The topological polar surface area (TPSA) is 82.6 Å². The van der Waals surface area contributed by atoms with Gasteiger partial charge in [0.1, 0.15) is 0 Å². The zero-order valence-electron chi connectivity index (χ0n) is 16.9. The molecule has 0 aliphatic carbocycles. The third-order valence-corrected chi connectivity index (χ3v) is 6.54. The van der Waals surface area contributed by atoms with Crippen LogP contribution in [0.25, 0.3) is 0 Å². The van der Waals surface area contributed by atoms with Crippen molar-refractivity contribution in [2.45, 2.75) is 13.1 Å². The first-order chi connectivity index (χ1) is 15.1. The number of amides is 4. The van der Waals surface area contributed by atoms with Gasteiger partial charge in [0.2, 0.25) is 6.79 Å². The molecule has 2 aromatic rings. The van der Waals surface area contributed by atoms with Crippen molar-refractivity contribution >= 4 is 29.2 Å². The first-order valence-electron chi connectivity index (χ1n) is 10.1. The number of piperazine rings is 1. The lowest BCUT2D eigenvalue weighted by atomic mass is 10.1. The third kappa shape index (κ3) is 4.01. The van der Waals surface area contributed by atoms with Gasteiger partial charge in [-0.05, 0) is 29.1 Å². The number of ether oxygens (including phenoxy) is 2. The van der Waals surface area contributed by atoms with Gasteiger partial charge in [0.05, 0.1) is 13.2 Å². The highest BCUT2D eigenvalue weighted by molar-refractivity contribution is 7.09. The number of carbonyl (C=O) groups is 3. The van der Waals surface area contributed by atoms with Crippen LogP contribution in [-0.2, 0) is 22.7 Å². The summed E-state index contributed by atoms with van der Waals surface area (Å²) in [5.74, 6) is 0.0549. The number of thiophene rings is 1. The van der Waals surface area contributed by atoms with Crippen molar-refractivity contribution in [3.05, 3.63) is 46.2 Å². The molecule has 31 heavy (non-hydrogen) atoms. The monoisotopic (exact) mass is 442 g/mol. The van der Waals surface area contributed by atoms with Gasteiger partial charge in [-0.1, -0.05) is 12.1 Å². The predicted molar refractivity (Wildman–Crippen MR) is 111 cm³/mol. The number of rotatable bonds is 6. The molecule has 0 N–H and O–H groups in total. The summed E-state index contributed by atoms with van der Waals surface area (Å²) >= 11 is 1.45. The summed E-state index contributed by atoms with van der Waals surface area (Å²) in [7, 11) is 0. The Hall–Kier alpha value is -2.95. The molecule has 9 nitrogen and oxygen atoms in total. The number of nitrogens with zero attached hydrogens (tertiary/aromatic N) is 4. The number of carbonyl (C=O) groups excluding carboxylic acids is 3. The summed E-state index contributed by atoms with van der Waals surface area (Å²) in [5, 5.41) is 1.88. The van der Waals surface area contributed by atoms with Gasteiger partial charge < -0.3 is 9.47 Å². The molecule has 0 spiro atoms. The van der Waals surface area contributed by atoms with Gasteiger partial charge in [-0.25, -0.2) is 9.69 Å². The molecule has 10 heteroatoms. The van der Waals surface area contributed by atoms with Crippen LogP contribution in [0, 0.1) is 0 Å². The van der Waals surface area contributed by atoms with E-state index in [1.165, 1.54) is 11.3 Å². The zero-order chi connectivity index (χ0) is 21.4. The highest BCUT2D eigenvalue weighted by atomic mass is 32.1. The van der Waals surface area contributed by atoms with Crippen LogP contribution in [0.1, 0.15) is 10.4 Å². The highest BCUT2D eigenvalue weighted by Gasteiger charge is 2.45. The lowest BCUT2D eigenvalue weighted by molar-refractivity contribution is -0.144. The molecule has 0 atom stereocenters. The van der Waals surface area contributed by atoms with Crippen molar-refractivity contribution in [2.24, 2.45) is 0 Å². The van der Waals surface area contributed by atoms with Gasteiger partial charge in [-0.3, -0.25) is 24.3 Å². The number of hydrogen-bond acceptors (Lipinski definition) is 8. The van der Waals surface area contributed by atoms with Crippen LogP contribution in [0.15, 0.2) is 35.7 Å². The van der Waals surface area contributed by atoms with E-state index in [2.05, 4.69) is 4.90 Å². The Labute approximate surface area is 183 Å². The minimum Gasteiger partial charge on any atom is -0.454 e. The summed E-state index contributed by atoms with van der Waals surface area (Å²) in [5.41, 5.74) is 1.15. The summed E-state index contributed by atoms with van der Waals surface area (Å²) in [4.78, 5) is 44.7. The molecular weight excluding hydrogens is 420 g/mol. The number of hydrogen-bond donors (Lipinski definition) is 0. The van der Waals surface area contributed by atoms with Crippen LogP contribution >= 0.6 is 11.3 Å². The van der Waals surface area contributed by atoms with Crippen molar-refractivity contribution in [2.75, 3.05) is 39.6 Å². The van der Waals surface area contributed by atoms with Crippen LogP contribution in [0.2, 0.25) is 0 Å². The minimum absolute atomic E-state index is 0.140. The van der Waals surface area contributed by atoms with E-state index in [0.29, 0.717) is 13.1 Å². The Morgan fingerprint density at radius 3 is 2.35 bits per heavy atom. The summed E-state index contributed by atoms with van der Waals surface area (Å²) in [6.45, 7) is 4.36. The molecule has 3 aliphatic heterocycles. The van der Waals surface area contributed by atoms with Crippen molar-refractivity contribution < 1.29 is 23.9 Å². The average Bonchev–Trinajstić information content (AvgIpc) is 3.50. The second-order valence-corrected chi connectivity index (χ2v) is 8.74. The molecule has 0 bridgehead atoms. The van der Waals surface area contributed by atoms with E-state index >= 15 is 0 Å². The van der Waals surface area contributed by atoms with E-state index in [0.717, 1.165) is 51.4 Å². The standard InChI is InChI=1S/C21H22N4O5S/c26-19-20(27)25(21(28)24(19)12-16-2-1-9-31-16)13-23-7-5-22(6-8-23)11-15-3-4-17-18(10-15)30-14-29-17/h1-4,9-10H,5-8,11-14H2. The molecule has 2 saturated heterocycles. The fourth-order valence-electron chi connectivity index (χ4n) is 3.96. The third-order valence-electron chi connectivity index (χ3n) is 5.68. The lowest BCUT2D eigenvalue weighted by Gasteiger charge is -2.35. The maximum Gasteiger partial charge on any atom is 0.335 e. The van der Waals surface area contributed by atoms with Gasteiger partial charge in [0.25, 0.3) is 0 Å². The Balaban J connectivity index is 1.14. The van der Waals surface area contributed by atoms with Crippen molar-refractivity contribution in [3.8, 4) is 11.5 Å². The second kappa shape index (κ2) is 8.29. The maximum atomic E-state index is 12.7. The average molecular weight is 442 g/mol. The molecule has 2 fully saturated rings. The Morgan fingerprint density at radius 2 is 1.58 bits per heavy atom. The number of benzene rings is 1. The minimum atomic E-state index is -0.750. The van der Waals surface area contributed by atoms with E-state index in [9.17, 15) is 14.4 Å². The molecule has 3 aliphatic rings. The van der Waals surface area contributed by atoms with E-state index in [1.807, 2.05) is 40.6 Å². The Bertz CT molecular complexity index is 1000. The first-order valence-corrected chi connectivity index (χ1v) is 11.0. The second-order valence-electron chi connectivity index (χ2n) is 7.71. The molecule has 162 valence electrons. The lowest BCUT2D eigenvalue weighted by Crippen LogP contribution is -2.51. The van der Waals surface area contributed by atoms with Crippen molar-refractivity contribution in [3.63, 3.8) is 0 Å². The fourth-order valence-corrected chi connectivity index (χ4v) is 4.65. The number of imide groups is 2. The molecule has 5 rings (SSSR count). The summed E-state index contributed by atoms with van der Waals surface area (Å²) in [6, 6.07) is 9.13.